The zero-order valence-corrected chi connectivity index (χ0v) is 20.0. The molecule has 2 aromatic heterocycles. The predicted molar refractivity (Wildman–Crippen MR) is 133 cm³/mol. The molecule has 8 nitrogen and oxygen atoms in total. The van der Waals surface area contributed by atoms with Crippen molar-refractivity contribution in [3.8, 4) is 0 Å². The summed E-state index contributed by atoms with van der Waals surface area (Å²) in [5.41, 5.74) is 8.47. The summed E-state index contributed by atoms with van der Waals surface area (Å²) in [5, 5.41) is 0.826. The van der Waals surface area contributed by atoms with Crippen LogP contribution in [0.3, 0.4) is 0 Å². The number of nitrogen functional groups attached to an aromatic ring is 1. The maximum absolute atomic E-state index is 12.9. The quantitative estimate of drug-likeness (QED) is 0.355. The van der Waals surface area contributed by atoms with Gasteiger partial charge in [0.1, 0.15) is 17.1 Å². The Morgan fingerprint density at radius 1 is 1.06 bits per heavy atom. The lowest BCUT2D eigenvalue weighted by atomic mass is 10.0. The molecule has 0 spiro atoms. The van der Waals surface area contributed by atoms with Crippen LogP contribution in [0.15, 0.2) is 37.0 Å². The first-order valence-electron chi connectivity index (χ1n) is 11.7. The lowest BCUT2D eigenvalue weighted by Gasteiger charge is -2.27. The second-order valence-corrected chi connectivity index (χ2v) is 8.60. The van der Waals surface area contributed by atoms with Gasteiger partial charge >= 0.3 is 11.3 Å². The maximum Gasteiger partial charge on any atom is 0.336 e. The molecule has 8 heteroatoms. The molecule has 3 N–H and O–H groups in total. The molecule has 0 unspecified atom stereocenters. The molecule has 3 rings (SSSR count). The van der Waals surface area contributed by atoms with E-state index in [2.05, 4.69) is 11.9 Å². The van der Waals surface area contributed by atoms with Crippen LogP contribution < -0.4 is 27.5 Å². The van der Waals surface area contributed by atoms with Crippen LogP contribution in [-0.4, -0.2) is 16.1 Å². The summed E-state index contributed by atoms with van der Waals surface area (Å²) in [6.45, 7) is 9.34. The van der Waals surface area contributed by atoms with Crippen LogP contribution in [0.25, 0.3) is 11.0 Å². The van der Waals surface area contributed by atoms with Crippen LogP contribution in [0.2, 0.25) is 0 Å². The molecule has 0 saturated heterocycles. The van der Waals surface area contributed by atoms with E-state index in [0.717, 1.165) is 54.2 Å². The maximum atomic E-state index is 12.9. The zero-order chi connectivity index (χ0) is 24.1. The zero-order valence-electron chi connectivity index (χ0n) is 20.0. The molecule has 0 radical (unpaired) electrons. The van der Waals surface area contributed by atoms with Gasteiger partial charge in [-0.25, -0.2) is 9.59 Å². The molecule has 1 aromatic carbocycles. The molecule has 0 bridgehead atoms. The lowest BCUT2D eigenvalue weighted by Crippen LogP contribution is -2.38. The fourth-order valence-corrected chi connectivity index (χ4v) is 4.10. The Morgan fingerprint density at radius 3 is 2.48 bits per heavy atom. The number of nitrogens with zero attached hydrogens (tertiary/aromatic N) is 2. The number of rotatable bonds is 10. The number of unbranched alkanes of at least 4 members (excludes halogenated alkanes) is 3. The van der Waals surface area contributed by atoms with Gasteiger partial charge < -0.3 is 15.1 Å². The molecular formula is C25H34N4O4. The molecule has 0 aliphatic heterocycles. The van der Waals surface area contributed by atoms with Gasteiger partial charge in [-0.3, -0.25) is 14.3 Å². The van der Waals surface area contributed by atoms with E-state index < -0.39 is 16.9 Å². The first-order valence-corrected chi connectivity index (χ1v) is 11.7. The van der Waals surface area contributed by atoms with Gasteiger partial charge in [-0.1, -0.05) is 45.2 Å². The van der Waals surface area contributed by atoms with E-state index in [-0.39, 0.29) is 11.5 Å². The molecular weight excluding hydrogens is 420 g/mol. The standard InChI is InChI=1S/C25H34N4O4/c1-5-7-9-12-28(21-23(26)29(13-8-6-2)25(32)27-24(21)31)15-18-14-20(30)33-22-17(4)16(3)10-11-19(18)22/h10-11,14H,5-9,12-13,15,26H2,1-4H3,(H,27,31,32). The van der Waals surface area contributed by atoms with Crippen molar-refractivity contribution in [1.82, 2.24) is 9.55 Å². The fourth-order valence-electron chi connectivity index (χ4n) is 4.10. The molecule has 0 fully saturated rings. The van der Waals surface area contributed by atoms with E-state index in [1.54, 1.807) is 0 Å². The number of hydrogen-bond donors (Lipinski definition) is 2. The van der Waals surface area contributed by atoms with Crippen molar-refractivity contribution in [3.05, 3.63) is 66.1 Å². The minimum Gasteiger partial charge on any atom is -0.422 e. The molecule has 0 saturated carbocycles. The third-order valence-electron chi connectivity index (χ3n) is 6.18. The highest BCUT2D eigenvalue weighted by Gasteiger charge is 2.21. The Labute approximate surface area is 193 Å². The Kier molecular flexibility index (Phi) is 7.79. The summed E-state index contributed by atoms with van der Waals surface area (Å²) in [5.74, 6) is 0.160. The van der Waals surface area contributed by atoms with Gasteiger partial charge in [0.25, 0.3) is 5.56 Å². The number of aromatic nitrogens is 2. The van der Waals surface area contributed by atoms with Crippen molar-refractivity contribution >= 4 is 22.5 Å². The average Bonchev–Trinajstić information content (AvgIpc) is 2.76. The third kappa shape index (κ3) is 5.21. The van der Waals surface area contributed by atoms with Crippen LogP contribution in [0.1, 0.15) is 62.6 Å². The van der Waals surface area contributed by atoms with Crippen LogP contribution >= 0.6 is 0 Å². The number of benzene rings is 1. The number of nitrogens with two attached hydrogens (primary N) is 1. The topological polar surface area (TPSA) is 114 Å². The smallest absolute Gasteiger partial charge is 0.336 e. The molecule has 0 atom stereocenters. The van der Waals surface area contributed by atoms with Crippen molar-refractivity contribution in [2.75, 3.05) is 17.2 Å². The Hall–Kier alpha value is -3.29. The number of anilines is 2. The van der Waals surface area contributed by atoms with Crippen molar-refractivity contribution in [2.45, 2.75) is 72.9 Å². The van der Waals surface area contributed by atoms with Crippen molar-refractivity contribution in [2.24, 2.45) is 0 Å². The lowest BCUT2D eigenvalue weighted by molar-refractivity contribution is 0.555. The predicted octanol–water partition coefficient (Wildman–Crippen LogP) is 3.84. The highest BCUT2D eigenvalue weighted by Crippen LogP contribution is 2.26. The van der Waals surface area contributed by atoms with Gasteiger partial charge in [-0.2, -0.15) is 0 Å². The second-order valence-electron chi connectivity index (χ2n) is 8.60. The minimum absolute atomic E-state index is 0.160. The summed E-state index contributed by atoms with van der Waals surface area (Å²) in [6, 6.07) is 5.41. The molecule has 178 valence electrons. The van der Waals surface area contributed by atoms with E-state index in [1.807, 2.05) is 37.8 Å². The third-order valence-corrected chi connectivity index (χ3v) is 6.18. The second kappa shape index (κ2) is 10.6. The summed E-state index contributed by atoms with van der Waals surface area (Å²) in [7, 11) is 0. The number of nitrogens with one attached hydrogen (secondary N) is 1. The number of H-pyrrole nitrogens is 1. The normalized spacial score (nSPS) is 11.3. The van der Waals surface area contributed by atoms with Gasteiger partial charge in [0.05, 0.1) is 0 Å². The molecule has 0 aliphatic rings. The van der Waals surface area contributed by atoms with Crippen LogP contribution in [0, 0.1) is 13.8 Å². The first-order chi connectivity index (χ1) is 15.8. The fraction of sp³-hybridized carbons (Fsp3) is 0.480. The van der Waals surface area contributed by atoms with Crippen LogP contribution in [0.4, 0.5) is 11.5 Å². The Balaban J connectivity index is 2.15. The Morgan fingerprint density at radius 2 is 1.79 bits per heavy atom. The largest absolute Gasteiger partial charge is 0.422 e. The number of aromatic amines is 1. The van der Waals surface area contributed by atoms with E-state index in [0.29, 0.717) is 25.2 Å². The van der Waals surface area contributed by atoms with Gasteiger partial charge in [-0.05, 0) is 43.4 Å². The molecule has 0 aliphatic carbocycles. The number of aryl methyl sites for hydroxylation is 2. The highest BCUT2D eigenvalue weighted by molar-refractivity contribution is 5.84. The van der Waals surface area contributed by atoms with Crippen LogP contribution in [0.5, 0.6) is 0 Å². The van der Waals surface area contributed by atoms with Crippen molar-refractivity contribution in [1.29, 1.82) is 0 Å². The Bertz CT molecular complexity index is 1300. The first kappa shape index (κ1) is 24.4. The molecule has 33 heavy (non-hydrogen) atoms. The molecule has 3 aromatic rings. The van der Waals surface area contributed by atoms with Crippen molar-refractivity contribution < 1.29 is 4.42 Å². The van der Waals surface area contributed by atoms with Crippen molar-refractivity contribution in [3.63, 3.8) is 0 Å². The van der Waals surface area contributed by atoms with Gasteiger partial charge in [0.2, 0.25) is 0 Å². The van der Waals surface area contributed by atoms with Gasteiger partial charge in [0.15, 0.2) is 0 Å². The summed E-state index contributed by atoms with van der Waals surface area (Å²) < 4.78 is 6.94. The van der Waals surface area contributed by atoms with E-state index >= 15 is 0 Å². The number of fused-ring (bicyclic) bond motifs is 1. The van der Waals surface area contributed by atoms with E-state index in [4.69, 9.17) is 10.2 Å². The monoisotopic (exact) mass is 454 g/mol. The molecule has 0 amide bonds. The highest BCUT2D eigenvalue weighted by atomic mass is 16.4. The average molecular weight is 455 g/mol. The molecule has 2 heterocycles. The SMILES string of the molecule is CCCCCN(Cc1cc(=O)oc2c(C)c(C)ccc12)c1c(N)n(CCCC)c(=O)[nH]c1=O. The van der Waals surface area contributed by atoms with E-state index in [9.17, 15) is 14.4 Å². The summed E-state index contributed by atoms with van der Waals surface area (Å²) in [4.78, 5) is 42.0. The summed E-state index contributed by atoms with van der Waals surface area (Å²) >= 11 is 0. The van der Waals surface area contributed by atoms with Gasteiger partial charge in [0, 0.05) is 31.1 Å². The van der Waals surface area contributed by atoms with Gasteiger partial charge in [-0.15, -0.1) is 0 Å². The minimum atomic E-state index is -0.513. The van der Waals surface area contributed by atoms with E-state index in [1.165, 1.54) is 10.6 Å². The number of hydrogen-bond acceptors (Lipinski definition) is 6. The summed E-state index contributed by atoms with van der Waals surface area (Å²) in [6.07, 6.45) is 4.52. The van der Waals surface area contributed by atoms with Crippen LogP contribution in [-0.2, 0) is 13.1 Å².